The zero-order chi connectivity index (χ0) is 14.7. The summed E-state index contributed by atoms with van der Waals surface area (Å²) in [6, 6.07) is 19.3. The maximum atomic E-state index is 12.2. The number of rotatable bonds is 4. The molecule has 1 aromatic heterocycles. The molecule has 0 aliphatic carbocycles. The molecule has 0 spiro atoms. The summed E-state index contributed by atoms with van der Waals surface area (Å²) in [4.78, 5) is 12.2. The maximum absolute atomic E-state index is 12.2. The summed E-state index contributed by atoms with van der Waals surface area (Å²) in [5.41, 5.74) is 2.77. The van der Waals surface area contributed by atoms with E-state index in [1.165, 1.54) is 0 Å². The first-order chi connectivity index (χ1) is 10.2. The summed E-state index contributed by atoms with van der Waals surface area (Å²) in [7, 11) is 1.88. The third-order valence-corrected chi connectivity index (χ3v) is 3.34. The van der Waals surface area contributed by atoms with Crippen molar-refractivity contribution in [2.24, 2.45) is 7.05 Å². The summed E-state index contributed by atoms with van der Waals surface area (Å²) < 4.78 is 3.46. The van der Waals surface area contributed by atoms with E-state index in [4.69, 9.17) is 0 Å². The van der Waals surface area contributed by atoms with Crippen LogP contribution in [-0.4, -0.2) is 15.7 Å². The highest BCUT2D eigenvalue weighted by molar-refractivity contribution is 5.94. The van der Waals surface area contributed by atoms with E-state index in [2.05, 4.69) is 5.21 Å². The minimum Gasteiger partial charge on any atom is -0.290 e. The van der Waals surface area contributed by atoms with Crippen LogP contribution in [-0.2, 0) is 13.6 Å². The summed E-state index contributed by atoms with van der Waals surface area (Å²) in [6.07, 6.45) is 1.90. The Labute approximate surface area is 123 Å². The van der Waals surface area contributed by atoms with Crippen molar-refractivity contribution in [1.82, 2.24) is 9.90 Å². The van der Waals surface area contributed by atoms with Crippen LogP contribution in [0.15, 0.2) is 66.9 Å². The van der Waals surface area contributed by atoms with Gasteiger partial charge < -0.3 is 0 Å². The first-order valence-electron chi connectivity index (χ1n) is 6.81. The molecular weight excluding hydrogens is 262 g/mol. The maximum Gasteiger partial charge on any atom is 0.206 e. The summed E-state index contributed by atoms with van der Waals surface area (Å²) in [6.45, 7) is 0.241. The normalized spacial score (nSPS) is 10.5. The van der Waals surface area contributed by atoms with E-state index in [1.807, 2.05) is 73.9 Å². The predicted molar refractivity (Wildman–Crippen MR) is 79.6 cm³/mol. The van der Waals surface area contributed by atoms with Gasteiger partial charge in [0.05, 0.1) is 5.21 Å². The molecule has 2 aromatic carbocycles. The lowest BCUT2D eigenvalue weighted by molar-refractivity contribution is -0.742. The summed E-state index contributed by atoms with van der Waals surface area (Å²) in [5.74, 6) is 0.0540. The Balaban J connectivity index is 1.84. The minimum absolute atomic E-state index is 0.0540. The fourth-order valence-electron chi connectivity index (χ4n) is 2.28. The molecule has 3 aromatic rings. The predicted octanol–water partition coefficient (Wildman–Crippen LogP) is 2.26. The van der Waals surface area contributed by atoms with E-state index in [1.54, 1.807) is 9.36 Å². The lowest BCUT2D eigenvalue weighted by Crippen LogP contribution is -2.40. The van der Waals surface area contributed by atoms with Crippen LogP contribution in [0.25, 0.3) is 11.3 Å². The molecule has 1 heterocycles. The molecule has 3 rings (SSSR count). The molecule has 0 amide bonds. The van der Waals surface area contributed by atoms with Gasteiger partial charge in [0.1, 0.15) is 7.05 Å². The molecule has 0 fully saturated rings. The van der Waals surface area contributed by atoms with Gasteiger partial charge in [0, 0.05) is 11.1 Å². The number of carbonyl (C=O) groups is 1. The number of Topliss-reactive ketones (excluding diaryl/α,β-unsaturated/α-hetero) is 1. The summed E-state index contributed by atoms with van der Waals surface area (Å²) in [5, 5.41) is 4.36. The van der Waals surface area contributed by atoms with Gasteiger partial charge in [-0.25, -0.2) is 0 Å². The monoisotopic (exact) mass is 278 g/mol. The third kappa shape index (κ3) is 2.89. The second kappa shape index (κ2) is 5.71. The molecule has 0 aliphatic heterocycles. The smallest absolute Gasteiger partial charge is 0.206 e. The number of carbonyl (C=O) groups excluding carboxylic acids is 1. The largest absolute Gasteiger partial charge is 0.290 e. The Hall–Kier alpha value is -2.75. The van der Waals surface area contributed by atoms with Gasteiger partial charge in [0.25, 0.3) is 0 Å². The molecule has 0 bridgehead atoms. The lowest BCUT2D eigenvalue weighted by Gasteiger charge is -1.95. The van der Waals surface area contributed by atoms with Crippen molar-refractivity contribution in [3.63, 3.8) is 0 Å². The zero-order valence-corrected chi connectivity index (χ0v) is 11.8. The molecule has 0 saturated carbocycles. The Kier molecular flexibility index (Phi) is 3.60. The molecule has 21 heavy (non-hydrogen) atoms. The molecule has 4 heteroatoms. The highest BCUT2D eigenvalue weighted by Gasteiger charge is 2.17. The van der Waals surface area contributed by atoms with Crippen LogP contribution in [0.3, 0.4) is 0 Å². The first kappa shape index (κ1) is 13.2. The second-order valence-electron chi connectivity index (χ2n) is 4.88. The van der Waals surface area contributed by atoms with Crippen LogP contribution in [0.2, 0.25) is 0 Å². The van der Waals surface area contributed by atoms with E-state index < -0.39 is 0 Å². The highest BCUT2D eigenvalue weighted by atomic mass is 16.1. The van der Waals surface area contributed by atoms with Crippen molar-refractivity contribution in [3.8, 4) is 11.3 Å². The van der Waals surface area contributed by atoms with Gasteiger partial charge in [-0.05, 0) is 0 Å². The topological polar surface area (TPSA) is 38.8 Å². The molecule has 104 valence electrons. The quantitative estimate of drug-likeness (QED) is 0.542. The van der Waals surface area contributed by atoms with Gasteiger partial charge in [-0.15, -0.1) is 9.36 Å². The molecule has 0 unspecified atom stereocenters. The number of ketones is 1. The first-order valence-corrected chi connectivity index (χ1v) is 6.81. The molecular formula is C17H16N3O+. The van der Waals surface area contributed by atoms with Gasteiger partial charge in [-0.3, -0.25) is 4.79 Å². The average Bonchev–Trinajstić information content (AvgIpc) is 2.89. The number of benzene rings is 2. The second-order valence-corrected chi connectivity index (χ2v) is 4.88. The van der Waals surface area contributed by atoms with Crippen LogP contribution in [0.1, 0.15) is 10.4 Å². The standard InChI is InChI=1S/C17H16N3O/c1-19-16(14-8-4-2-5-9-14)12-20(18-19)13-17(21)15-10-6-3-7-11-15/h2-12H,13H2,1H3/q+1. The van der Waals surface area contributed by atoms with Crippen molar-refractivity contribution >= 4 is 5.78 Å². The van der Waals surface area contributed by atoms with Gasteiger partial charge in [-0.1, -0.05) is 60.7 Å². The van der Waals surface area contributed by atoms with Crippen LogP contribution in [0.4, 0.5) is 0 Å². The Morgan fingerprint density at radius 1 is 1.05 bits per heavy atom. The van der Waals surface area contributed by atoms with Crippen molar-refractivity contribution in [2.45, 2.75) is 6.54 Å². The van der Waals surface area contributed by atoms with Gasteiger partial charge in [0.2, 0.25) is 5.78 Å². The highest BCUT2D eigenvalue weighted by Crippen LogP contribution is 2.15. The van der Waals surface area contributed by atoms with E-state index in [0.717, 1.165) is 11.3 Å². The fourth-order valence-corrected chi connectivity index (χ4v) is 2.28. The van der Waals surface area contributed by atoms with Crippen molar-refractivity contribution in [3.05, 3.63) is 72.4 Å². The SMILES string of the molecule is Cn1n[n+](CC(=O)c2ccccc2)cc1-c1ccccc1. The number of hydrogen-bond donors (Lipinski definition) is 0. The van der Waals surface area contributed by atoms with Crippen LogP contribution in [0, 0.1) is 0 Å². The van der Waals surface area contributed by atoms with Crippen LogP contribution >= 0.6 is 0 Å². The zero-order valence-electron chi connectivity index (χ0n) is 11.8. The number of hydrogen-bond acceptors (Lipinski definition) is 2. The van der Waals surface area contributed by atoms with Gasteiger partial charge >= 0.3 is 0 Å². The molecule has 4 nitrogen and oxygen atoms in total. The third-order valence-electron chi connectivity index (χ3n) is 3.34. The van der Waals surface area contributed by atoms with Crippen LogP contribution in [0.5, 0.6) is 0 Å². The lowest BCUT2D eigenvalue weighted by atomic mass is 10.1. The Morgan fingerprint density at radius 3 is 2.33 bits per heavy atom. The molecule has 0 radical (unpaired) electrons. The molecule has 0 aliphatic rings. The van der Waals surface area contributed by atoms with Crippen molar-refractivity contribution < 1.29 is 9.48 Å². The number of nitrogens with zero attached hydrogens (tertiary/aromatic N) is 3. The fraction of sp³-hybridized carbons (Fsp3) is 0.118. The number of aromatic nitrogens is 3. The number of aryl methyl sites for hydroxylation is 1. The van der Waals surface area contributed by atoms with Crippen molar-refractivity contribution in [2.75, 3.05) is 0 Å². The average molecular weight is 278 g/mol. The van der Waals surface area contributed by atoms with E-state index in [9.17, 15) is 4.79 Å². The molecule has 0 N–H and O–H groups in total. The minimum atomic E-state index is 0.0540. The Bertz CT molecular complexity index is 748. The van der Waals surface area contributed by atoms with Gasteiger partial charge in [-0.2, -0.15) is 0 Å². The van der Waals surface area contributed by atoms with E-state index >= 15 is 0 Å². The molecule has 0 saturated heterocycles. The van der Waals surface area contributed by atoms with Crippen molar-refractivity contribution in [1.29, 1.82) is 0 Å². The summed E-state index contributed by atoms with van der Waals surface area (Å²) >= 11 is 0. The van der Waals surface area contributed by atoms with E-state index in [0.29, 0.717) is 5.56 Å². The Morgan fingerprint density at radius 2 is 1.67 bits per heavy atom. The van der Waals surface area contributed by atoms with Gasteiger partial charge in [0.15, 0.2) is 18.4 Å². The van der Waals surface area contributed by atoms with Crippen LogP contribution < -0.4 is 4.68 Å². The molecule has 0 atom stereocenters. The van der Waals surface area contributed by atoms with E-state index in [-0.39, 0.29) is 12.3 Å².